The van der Waals surface area contributed by atoms with Gasteiger partial charge < -0.3 is 0 Å². The van der Waals surface area contributed by atoms with E-state index in [-0.39, 0.29) is 0 Å². The van der Waals surface area contributed by atoms with Crippen molar-refractivity contribution in [2.24, 2.45) is 29.6 Å². The van der Waals surface area contributed by atoms with Crippen LogP contribution in [0.2, 0.25) is 0 Å². The standard InChI is InChI=1S/C22H36O/c1-2-3-4-17-5-7-18(8-6-17)19-9-11-20(12-10-19)21-13-15-22(23)16-14-21/h13,15,17-21H,2-12,14,16H2,1H3. The van der Waals surface area contributed by atoms with E-state index < -0.39 is 0 Å². The molecule has 1 nitrogen and oxygen atoms in total. The second kappa shape index (κ2) is 8.49. The Hall–Kier alpha value is -0.590. The van der Waals surface area contributed by atoms with E-state index in [0.717, 1.165) is 36.5 Å². The van der Waals surface area contributed by atoms with Crippen molar-refractivity contribution >= 4 is 5.78 Å². The van der Waals surface area contributed by atoms with Crippen molar-refractivity contribution in [3.63, 3.8) is 0 Å². The minimum Gasteiger partial charge on any atom is -0.295 e. The van der Waals surface area contributed by atoms with Gasteiger partial charge in [-0.25, -0.2) is 0 Å². The summed E-state index contributed by atoms with van der Waals surface area (Å²) in [4.78, 5) is 11.4. The van der Waals surface area contributed by atoms with Crippen LogP contribution in [0.4, 0.5) is 0 Å². The fourth-order valence-electron chi connectivity index (χ4n) is 5.60. The fourth-order valence-corrected chi connectivity index (χ4v) is 5.60. The van der Waals surface area contributed by atoms with Crippen LogP contribution < -0.4 is 0 Å². The summed E-state index contributed by atoms with van der Waals surface area (Å²) < 4.78 is 0. The molecule has 2 fully saturated rings. The average Bonchev–Trinajstić information content (AvgIpc) is 2.61. The van der Waals surface area contributed by atoms with Gasteiger partial charge in [0.05, 0.1) is 0 Å². The highest BCUT2D eigenvalue weighted by molar-refractivity contribution is 5.90. The van der Waals surface area contributed by atoms with Gasteiger partial charge in [0.1, 0.15) is 0 Å². The first kappa shape index (κ1) is 17.2. The van der Waals surface area contributed by atoms with Gasteiger partial charge >= 0.3 is 0 Å². The molecule has 2 saturated carbocycles. The van der Waals surface area contributed by atoms with Crippen LogP contribution in [-0.2, 0) is 4.79 Å². The van der Waals surface area contributed by atoms with Crippen molar-refractivity contribution in [2.75, 3.05) is 0 Å². The largest absolute Gasteiger partial charge is 0.295 e. The molecular formula is C22H36O. The summed E-state index contributed by atoms with van der Waals surface area (Å²) in [5, 5.41) is 0. The number of allylic oxidation sites excluding steroid dienone is 2. The Labute approximate surface area is 143 Å². The second-order valence-corrected chi connectivity index (χ2v) is 8.63. The number of rotatable bonds is 5. The Morgan fingerprint density at radius 3 is 2.04 bits per heavy atom. The molecule has 0 aromatic rings. The zero-order valence-corrected chi connectivity index (χ0v) is 15.1. The maximum absolute atomic E-state index is 11.4. The molecule has 1 heteroatoms. The van der Waals surface area contributed by atoms with E-state index >= 15 is 0 Å². The van der Waals surface area contributed by atoms with Crippen molar-refractivity contribution in [3.8, 4) is 0 Å². The molecule has 0 bridgehead atoms. The first-order chi connectivity index (χ1) is 11.3. The smallest absolute Gasteiger partial charge is 0.155 e. The van der Waals surface area contributed by atoms with E-state index in [1.54, 1.807) is 0 Å². The highest BCUT2D eigenvalue weighted by Gasteiger charge is 2.33. The minimum absolute atomic E-state index is 0.342. The predicted molar refractivity (Wildman–Crippen MR) is 97.3 cm³/mol. The number of unbranched alkanes of at least 4 members (excludes halogenated alkanes) is 1. The lowest BCUT2D eigenvalue weighted by Gasteiger charge is -2.39. The Morgan fingerprint density at radius 2 is 1.48 bits per heavy atom. The van der Waals surface area contributed by atoms with E-state index in [9.17, 15) is 4.79 Å². The third-order valence-corrected chi connectivity index (χ3v) is 7.20. The Balaban J connectivity index is 1.40. The predicted octanol–water partition coefficient (Wildman–Crippen LogP) is 6.32. The highest BCUT2D eigenvalue weighted by atomic mass is 16.1. The van der Waals surface area contributed by atoms with Gasteiger partial charge in [-0.3, -0.25) is 4.79 Å². The van der Waals surface area contributed by atoms with E-state index in [1.807, 2.05) is 6.08 Å². The molecule has 3 rings (SSSR count). The molecule has 0 heterocycles. The quantitative estimate of drug-likeness (QED) is 0.579. The molecule has 3 aliphatic rings. The molecule has 0 saturated heterocycles. The third kappa shape index (κ3) is 4.70. The molecule has 1 atom stereocenters. The van der Waals surface area contributed by atoms with Crippen LogP contribution >= 0.6 is 0 Å². The summed E-state index contributed by atoms with van der Waals surface area (Å²) in [6.45, 7) is 2.32. The monoisotopic (exact) mass is 316 g/mol. The number of carbonyl (C=O) groups is 1. The second-order valence-electron chi connectivity index (χ2n) is 8.63. The molecule has 1 unspecified atom stereocenters. The Morgan fingerprint density at radius 1 is 0.870 bits per heavy atom. The molecule has 23 heavy (non-hydrogen) atoms. The van der Waals surface area contributed by atoms with Crippen molar-refractivity contribution in [1.82, 2.24) is 0 Å². The van der Waals surface area contributed by atoms with Gasteiger partial charge in [-0.2, -0.15) is 0 Å². The van der Waals surface area contributed by atoms with Gasteiger partial charge in [0.2, 0.25) is 0 Å². The number of hydrogen-bond acceptors (Lipinski definition) is 1. The average molecular weight is 317 g/mol. The van der Waals surface area contributed by atoms with Crippen LogP contribution in [0.5, 0.6) is 0 Å². The molecule has 0 amide bonds. The maximum Gasteiger partial charge on any atom is 0.155 e. The van der Waals surface area contributed by atoms with E-state index in [1.165, 1.54) is 70.6 Å². The number of carbonyl (C=O) groups excluding carboxylic acids is 1. The summed E-state index contributed by atoms with van der Waals surface area (Å²) >= 11 is 0. The van der Waals surface area contributed by atoms with E-state index in [0.29, 0.717) is 11.7 Å². The molecule has 0 N–H and O–H groups in total. The van der Waals surface area contributed by atoms with Gasteiger partial charge in [-0.1, -0.05) is 45.1 Å². The molecule has 0 aromatic heterocycles. The van der Waals surface area contributed by atoms with Gasteiger partial charge in [-0.05, 0) is 80.6 Å². The molecule has 130 valence electrons. The van der Waals surface area contributed by atoms with E-state index in [2.05, 4.69) is 13.0 Å². The minimum atomic E-state index is 0.342. The van der Waals surface area contributed by atoms with Crippen molar-refractivity contribution in [3.05, 3.63) is 12.2 Å². The zero-order valence-electron chi connectivity index (χ0n) is 15.1. The molecule has 3 aliphatic carbocycles. The topological polar surface area (TPSA) is 17.1 Å². The van der Waals surface area contributed by atoms with Gasteiger partial charge in [0.15, 0.2) is 5.78 Å². The molecule has 0 aromatic carbocycles. The first-order valence-electron chi connectivity index (χ1n) is 10.5. The zero-order chi connectivity index (χ0) is 16.1. The van der Waals surface area contributed by atoms with Crippen LogP contribution in [0.15, 0.2) is 12.2 Å². The van der Waals surface area contributed by atoms with Crippen LogP contribution in [0, 0.1) is 29.6 Å². The number of ketones is 1. The van der Waals surface area contributed by atoms with E-state index in [4.69, 9.17) is 0 Å². The van der Waals surface area contributed by atoms with Gasteiger partial charge in [0, 0.05) is 6.42 Å². The fraction of sp³-hybridized carbons (Fsp3) is 0.864. The lowest BCUT2D eigenvalue weighted by atomic mass is 9.66. The van der Waals surface area contributed by atoms with Crippen LogP contribution in [0.25, 0.3) is 0 Å². The maximum atomic E-state index is 11.4. The SMILES string of the molecule is CCCCC1CCC(C2CCC(C3C=CC(=O)CC3)CC2)CC1. The summed E-state index contributed by atoms with van der Waals surface area (Å²) in [5.74, 6) is 5.03. The number of hydrogen-bond donors (Lipinski definition) is 0. The summed E-state index contributed by atoms with van der Waals surface area (Å²) in [6.07, 6.45) is 22.1. The summed E-state index contributed by atoms with van der Waals surface area (Å²) in [6, 6.07) is 0. The Kier molecular flexibility index (Phi) is 6.36. The lowest BCUT2D eigenvalue weighted by molar-refractivity contribution is -0.115. The molecule has 0 aliphatic heterocycles. The van der Waals surface area contributed by atoms with Gasteiger partial charge in [0.25, 0.3) is 0 Å². The normalized spacial score (nSPS) is 38.7. The van der Waals surface area contributed by atoms with Crippen LogP contribution in [0.1, 0.15) is 90.4 Å². The molecule has 0 radical (unpaired) electrons. The first-order valence-corrected chi connectivity index (χ1v) is 10.5. The third-order valence-electron chi connectivity index (χ3n) is 7.20. The van der Waals surface area contributed by atoms with Crippen molar-refractivity contribution in [2.45, 2.75) is 90.4 Å². The van der Waals surface area contributed by atoms with Crippen molar-refractivity contribution < 1.29 is 4.79 Å². The van der Waals surface area contributed by atoms with Gasteiger partial charge in [-0.15, -0.1) is 0 Å². The highest BCUT2D eigenvalue weighted by Crippen LogP contribution is 2.44. The molecule has 0 spiro atoms. The van der Waals surface area contributed by atoms with Crippen LogP contribution in [-0.4, -0.2) is 5.78 Å². The summed E-state index contributed by atoms with van der Waals surface area (Å²) in [7, 11) is 0. The van der Waals surface area contributed by atoms with Crippen LogP contribution in [0.3, 0.4) is 0 Å². The Bertz CT molecular complexity index is 394. The lowest BCUT2D eigenvalue weighted by Crippen LogP contribution is -2.28. The summed E-state index contributed by atoms with van der Waals surface area (Å²) in [5.41, 5.74) is 0. The molecular weight excluding hydrogens is 280 g/mol. The van der Waals surface area contributed by atoms with Crippen molar-refractivity contribution in [1.29, 1.82) is 0 Å².